The summed E-state index contributed by atoms with van der Waals surface area (Å²) in [5, 5.41) is 6.25. The van der Waals surface area contributed by atoms with E-state index in [-0.39, 0.29) is 18.6 Å². The molecule has 2 N–H and O–H groups in total. The Bertz CT molecular complexity index is 239. The minimum Gasteiger partial charge on any atom is -0.368 e. The smallest absolute Gasteiger partial charge is 0.246 e. The van der Waals surface area contributed by atoms with Crippen molar-refractivity contribution in [3.05, 3.63) is 0 Å². The number of carbonyl (C=O) groups is 1. The average molecular weight is 258 g/mol. The molecule has 2 saturated heterocycles. The van der Waals surface area contributed by atoms with Crippen LogP contribution in [0.1, 0.15) is 19.3 Å². The average Bonchev–Trinajstić information content (AvgIpc) is 2.88. The molecule has 0 aromatic carbocycles. The number of carbonyl (C=O) groups excluding carboxylic acids is 1. The fraction of sp³-hybridized carbons (Fsp3) is 0.917. The molecule has 0 aromatic heterocycles. The highest BCUT2D eigenvalue weighted by molar-refractivity contribution is 7.99. The van der Waals surface area contributed by atoms with Crippen LogP contribution >= 0.6 is 11.8 Å². The highest BCUT2D eigenvalue weighted by Crippen LogP contribution is 2.22. The standard InChI is InChI=1S/C12H22N2O2S/c15-12(14-7-10-3-6-17-9-10)8-16-11-1-4-13-5-2-11/h10-11,13H,1-9H2,(H,14,15). The summed E-state index contributed by atoms with van der Waals surface area (Å²) in [6.07, 6.45) is 3.54. The van der Waals surface area contributed by atoms with Gasteiger partial charge < -0.3 is 15.4 Å². The van der Waals surface area contributed by atoms with E-state index in [4.69, 9.17) is 4.74 Å². The van der Waals surface area contributed by atoms with Crippen LogP contribution in [0.25, 0.3) is 0 Å². The number of thioether (sulfide) groups is 1. The van der Waals surface area contributed by atoms with Gasteiger partial charge in [0.1, 0.15) is 6.61 Å². The molecule has 5 heteroatoms. The van der Waals surface area contributed by atoms with E-state index in [0.29, 0.717) is 5.92 Å². The van der Waals surface area contributed by atoms with Gasteiger partial charge in [-0.25, -0.2) is 0 Å². The third-order valence-electron chi connectivity index (χ3n) is 3.35. The van der Waals surface area contributed by atoms with E-state index in [0.717, 1.165) is 32.5 Å². The van der Waals surface area contributed by atoms with E-state index in [2.05, 4.69) is 10.6 Å². The molecule has 0 radical (unpaired) electrons. The molecule has 0 spiro atoms. The van der Waals surface area contributed by atoms with Gasteiger partial charge in [0.2, 0.25) is 5.91 Å². The van der Waals surface area contributed by atoms with Crippen molar-refractivity contribution in [2.45, 2.75) is 25.4 Å². The van der Waals surface area contributed by atoms with Gasteiger partial charge in [-0.3, -0.25) is 4.79 Å². The second-order valence-electron chi connectivity index (χ2n) is 4.79. The third-order valence-corrected chi connectivity index (χ3v) is 4.58. The van der Waals surface area contributed by atoms with Crippen molar-refractivity contribution >= 4 is 17.7 Å². The molecule has 1 amide bonds. The van der Waals surface area contributed by atoms with Gasteiger partial charge in [0.15, 0.2) is 0 Å². The predicted molar refractivity (Wildman–Crippen MR) is 70.3 cm³/mol. The first-order valence-corrected chi connectivity index (χ1v) is 7.67. The summed E-state index contributed by atoms with van der Waals surface area (Å²) in [6.45, 7) is 3.06. The molecule has 2 aliphatic heterocycles. The monoisotopic (exact) mass is 258 g/mol. The zero-order valence-electron chi connectivity index (χ0n) is 10.2. The Labute approximate surface area is 107 Å². The molecule has 0 aromatic rings. The number of hydrogen-bond acceptors (Lipinski definition) is 4. The van der Waals surface area contributed by atoms with Crippen LogP contribution in [-0.2, 0) is 9.53 Å². The maximum absolute atomic E-state index is 11.6. The van der Waals surface area contributed by atoms with Crippen LogP contribution in [0.3, 0.4) is 0 Å². The van der Waals surface area contributed by atoms with Crippen LogP contribution < -0.4 is 10.6 Å². The van der Waals surface area contributed by atoms with Crippen LogP contribution in [0.5, 0.6) is 0 Å². The molecule has 1 atom stereocenters. The van der Waals surface area contributed by atoms with E-state index < -0.39 is 0 Å². The largest absolute Gasteiger partial charge is 0.368 e. The van der Waals surface area contributed by atoms with Crippen molar-refractivity contribution < 1.29 is 9.53 Å². The maximum Gasteiger partial charge on any atom is 0.246 e. The lowest BCUT2D eigenvalue weighted by Crippen LogP contribution is -2.37. The highest BCUT2D eigenvalue weighted by atomic mass is 32.2. The lowest BCUT2D eigenvalue weighted by atomic mass is 10.1. The van der Waals surface area contributed by atoms with E-state index in [1.807, 2.05) is 11.8 Å². The van der Waals surface area contributed by atoms with E-state index in [9.17, 15) is 4.79 Å². The molecule has 0 saturated carbocycles. The van der Waals surface area contributed by atoms with Gasteiger partial charge in [0.25, 0.3) is 0 Å². The molecule has 2 fully saturated rings. The Morgan fingerprint density at radius 3 is 2.88 bits per heavy atom. The van der Waals surface area contributed by atoms with Crippen molar-refractivity contribution in [2.24, 2.45) is 5.92 Å². The summed E-state index contributed by atoms with van der Waals surface area (Å²) < 4.78 is 5.60. The summed E-state index contributed by atoms with van der Waals surface area (Å²) >= 11 is 1.98. The third kappa shape index (κ3) is 4.85. The van der Waals surface area contributed by atoms with Gasteiger partial charge in [-0.05, 0) is 49.8 Å². The number of amides is 1. The van der Waals surface area contributed by atoms with Crippen LogP contribution in [0.4, 0.5) is 0 Å². The van der Waals surface area contributed by atoms with Crippen molar-refractivity contribution in [1.29, 1.82) is 0 Å². The molecule has 17 heavy (non-hydrogen) atoms. The first kappa shape index (κ1) is 13.2. The Morgan fingerprint density at radius 1 is 1.35 bits per heavy atom. The quantitative estimate of drug-likeness (QED) is 0.759. The maximum atomic E-state index is 11.6. The van der Waals surface area contributed by atoms with Gasteiger partial charge in [0, 0.05) is 6.54 Å². The zero-order valence-corrected chi connectivity index (χ0v) is 11.1. The second kappa shape index (κ2) is 7.24. The lowest BCUT2D eigenvalue weighted by Gasteiger charge is -2.22. The summed E-state index contributed by atoms with van der Waals surface area (Å²) in [6, 6.07) is 0. The summed E-state index contributed by atoms with van der Waals surface area (Å²) in [4.78, 5) is 11.6. The van der Waals surface area contributed by atoms with Crippen molar-refractivity contribution in [1.82, 2.24) is 10.6 Å². The summed E-state index contributed by atoms with van der Waals surface area (Å²) in [5.74, 6) is 3.14. The molecule has 2 aliphatic rings. The molecule has 0 aliphatic carbocycles. The first-order valence-electron chi connectivity index (χ1n) is 6.51. The van der Waals surface area contributed by atoms with E-state index >= 15 is 0 Å². The van der Waals surface area contributed by atoms with E-state index in [1.165, 1.54) is 17.9 Å². The Morgan fingerprint density at radius 2 is 2.18 bits per heavy atom. The molecular formula is C12H22N2O2S. The predicted octanol–water partition coefficient (Wildman–Crippen LogP) is 0.624. The molecule has 2 heterocycles. The summed E-state index contributed by atoms with van der Waals surface area (Å²) in [5.41, 5.74) is 0. The van der Waals surface area contributed by atoms with Crippen molar-refractivity contribution in [3.63, 3.8) is 0 Å². The number of ether oxygens (including phenoxy) is 1. The number of hydrogen-bond donors (Lipinski definition) is 2. The Hall–Kier alpha value is -0.260. The fourth-order valence-corrected chi connectivity index (χ4v) is 3.49. The molecule has 1 unspecified atom stereocenters. The van der Waals surface area contributed by atoms with Crippen molar-refractivity contribution in [3.8, 4) is 0 Å². The number of nitrogens with one attached hydrogen (secondary N) is 2. The Kier molecular flexibility index (Phi) is 5.61. The topological polar surface area (TPSA) is 50.4 Å². The molecule has 4 nitrogen and oxygen atoms in total. The molecule has 98 valence electrons. The molecule has 2 rings (SSSR count). The van der Waals surface area contributed by atoms with Crippen molar-refractivity contribution in [2.75, 3.05) is 37.7 Å². The zero-order chi connectivity index (χ0) is 11.9. The van der Waals surface area contributed by atoms with Gasteiger partial charge in [0.05, 0.1) is 6.10 Å². The van der Waals surface area contributed by atoms with Gasteiger partial charge >= 0.3 is 0 Å². The normalized spacial score (nSPS) is 26.0. The minimum absolute atomic E-state index is 0.0421. The molecule has 0 bridgehead atoms. The van der Waals surface area contributed by atoms with Crippen LogP contribution in [0, 0.1) is 5.92 Å². The second-order valence-corrected chi connectivity index (χ2v) is 5.94. The van der Waals surface area contributed by atoms with Crippen LogP contribution in [0.15, 0.2) is 0 Å². The van der Waals surface area contributed by atoms with Crippen LogP contribution in [-0.4, -0.2) is 49.8 Å². The summed E-state index contributed by atoms with van der Waals surface area (Å²) in [7, 11) is 0. The number of rotatable bonds is 5. The van der Waals surface area contributed by atoms with Gasteiger partial charge in [-0.2, -0.15) is 11.8 Å². The Balaban J connectivity index is 1.53. The van der Waals surface area contributed by atoms with Gasteiger partial charge in [-0.1, -0.05) is 0 Å². The molecular weight excluding hydrogens is 236 g/mol. The fourth-order valence-electron chi connectivity index (χ4n) is 2.21. The van der Waals surface area contributed by atoms with Gasteiger partial charge in [-0.15, -0.1) is 0 Å². The number of piperidine rings is 1. The van der Waals surface area contributed by atoms with E-state index in [1.54, 1.807) is 0 Å². The highest BCUT2D eigenvalue weighted by Gasteiger charge is 2.17. The minimum atomic E-state index is 0.0421. The first-order chi connectivity index (χ1) is 8.34. The SMILES string of the molecule is O=C(COC1CCNCC1)NCC1CCSC1. The lowest BCUT2D eigenvalue weighted by molar-refractivity contribution is -0.128. The van der Waals surface area contributed by atoms with Crippen LogP contribution in [0.2, 0.25) is 0 Å².